The molecule has 0 aliphatic heterocycles. The molecular formula is C9H15N. The minimum Gasteiger partial charge on any atom is -0.193 e. The lowest BCUT2D eigenvalue weighted by molar-refractivity contribution is 0.572. The average molecular weight is 137 g/mol. The van der Waals surface area contributed by atoms with Crippen LogP contribution in [0.5, 0.6) is 0 Å². The topological polar surface area (TPSA) is 23.8 Å². The third kappa shape index (κ3) is 2.68. The minimum absolute atomic E-state index is 0.611. The molecule has 0 saturated heterocycles. The van der Waals surface area contributed by atoms with Gasteiger partial charge in [0.05, 0.1) is 6.07 Å². The van der Waals surface area contributed by atoms with Crippen molar-refractivity contribution in [2.24, 2.45) is 5.92 Å². The Kier molecular flexibility index (Phi) is 4.66. The summed E-state index contributed by atoms with van der Waals surface area (Å²) in [5.41, 5.74) is 1.22. The Balaban J connectivity index is 4.04. The SMILES string of the molecule is CCC(CC)/C(C)=C/C#N. The van der Waals surface area contributed by atoms with Crippen LogP contribution in [0.15, 0.2) is 11.6 Å². The van der Waals surface area contributed by atoms with Crippen molar-refractivity contribution >= 4 is 0 Å². The fraction of sp³-hybridized carbons (Fsp3) is 0.667. The Morgan fingerprint density at radius 1 is 1.50 bits per heavy atom. The molecule has 0 aliphatic rings. The van der Waals surface area contributed by atoms with Crippen LogP contribution in [-0.2, 0) is 0 Å². The van der Waals surface area contributed by atoms with Gasteiger partial charge < -0.3 is 0 Å². The van der Waals surface area contributed by atoms with Crippen LogP contribution in [0.4, 0.5) is 0 Å². The Morgan fingerprint density at radius 2 is 2.00 bits per heavy atom. The second kappa shape index (κ2) is 5.05. The number of hydrogen-bond donors (Lipinski definition) is 0. The van der Waals surface area contributed by atoms with Crippen molar-refractivity contribution in [1.29, 1.82) is 5.26 Å². The maximum absolute atomic E-state index is 8.35. The van der Waals surface area contributed by atoms with Gasteiger partial charge in [0.15, 0.2) is 0 Å². The standard InChI is InChI=1S/C9H15N/c1-4-9(5-2)8(3)6-7-10/h6,9H,4-5H2,1-3H3/b8-6+. The fourth-order valence-electron chi connectivity index (χ4n) is 1.15. The van der Waals surface area contributed by atoms with Gasteiger partial charge >= 0.3 is 0 Å². The highest BCUT2D eigenvalue weighted by Crippen LogP contribution is 2.17. The lowest BCUT2D eigenvalue weighted by atomic mass is 9.95. The predicted molar refractivity (Wildman–Crippen MR) is 43.4 cm³/mol. The number of hydrogen-bond acceptors (Lipinski definition) is 1. The fourth-order valence-corrected chi connectivity index (χ4v) is 1.15. The summed E-state index contributed by atoms with van der Waals surface area (Å²) in [5.74, 6) is 0.611. The molecule has 0 aromatic carbocycles. The monoisotopic (exact) mass is 137 g/mol. The van der Waals surface area contributed by atoms with E-state index in [4.69, 9.17) is 5.26 Å². The summed E-state index contributed by atoms with van der Waals surface area (Å²) >= 11 is 0. The van der Waals surface area contributed by atoms with Crippen molar-refractivity contribution < 1.29 is 0 Å². The molecule has 0 aromatic heterocycles. The van der Waals surface area contributed by atoms with Crippen molar-refractivity contribution in [2.75, 3.05) is 0 Å². The molecule has 0 spiro atoms. The van der Waals surface area contributed by atoms with E-state index in [0.717, 1.165) is 12.8 Å². The molecule has 0 bridgehead atoms. The summed E-state index contributed by atoms with van der Waals surface area (Å²) in [4.78, 5) is 0. The van der Waals surface area contributed by atoms with Crippen molar-refractivity contribution in [3.05, 3.63) is 11.6 Å². The van der Waals surface area contributed by atoms with E-state index in [1.165, 1.54) is 5.57 Å². The van der Waals surface area contributed by atoms with Crippen molar-refractivity contribution in [3.8, 4) is 6.07 Å². The van der Waals surface area contributed by atoms with Gasteiger partial charge in [-0.1, -0.05) is 19.4 Å². The zero-order valence-electron chi connectivity index (χ0n) is 7.02. The Morgan fingerprint density at radius 3 is 2.30 bits per heavy atom. The first kappa shape index (κ1) is 9.23. The van der Waals surface area contributed by atoms with Crippen LogP contribution < -0.4 is 0 Å². The van der Waals surface area contributed by atoms with E-state index < -0.39 is 0 Å². The first-order chi connectivity index (χ1) is 4.76. The maximum atomic E-state index is 8.35. The smallest absolute Gasteiger partial charge is 0.0911 e. The van der Waals surface area contributed by atoms with E-state index in [-0.39, 0.29) is 0 Å². The van der Waals surface area contributed by atoms with E-state index >= 15 is 0 Å². The molecule has 0 radical (unpaired) electrons. The van der Waals surface area contributed by atoms with Gasteiger partial charge in [-0.05, 0) is 25.7 Å². The number of nitrogens with zero attached hydrogens (tertiary/aromatic N) is 1. The highest BCUT2D eigenvalue weighted by molar-refractivity contribution is 5.13. The van der Waals surface area contributed by atoms with E-state index in [9.17, 15) is 0 Å². The summed E-state index contributed by atoms with van der Waals surface area (Å²) in [6.07, 6.45) is 3.93. The zero-order chi connectivity index (χ0) is 7.98. The van der Waals surface area contributed by atoms with Crippen LogP contribution >= 0.6 is 0 Å². The highest BCUT2D eigenvalue weighted by atomic mass is 14.2. The van der Waals surface area contributed by atoms with Gasteiger partial charge in [-0.25, -0.2) is 0 Å². The number of nitriles is 1. The molecule has 10 heavy (non-hydrogen) atoms. The molecule has 0 amide bonds. The quantitative estimate of drug-likeness (QED) is 0.549. The molecule has 56 valence electrons. The first-order valence-electron chi connectivity index (χ1n) is 3.82. The molecule has 0 aliphatic carbocycles. The molecule has 0 saturated carbocycles. The van der Waals surface area contributed by atoms with Crippen LogP contribution in [0.25, 0.3) is 0 Å². The average Bonchev–Trinajstić information content (AvgIpc) is 1.91. The second-order valence-electron chi connectivity index (χ2n) is 2.53. The number of rotatable bonds is 3. The van der Waals surface area contributed by atoms with E-state index in [2.05, 4.69) is 19.9 Å². The van der Waals surface area contributed by atoms with Gasteiger partial charge in [-0.3, -0.25) is 0 Å². The first-order valence-corrected chi connectivity index (χ1v) is 3.82. The largest absolute Gasteiger partial charge is 0.193 e. The van der Waals surface area contributed by atoms with Crippen molar-refractivity contribution in [1.82, 2.24) is 0 Å². The Labute approximate surface area is 63.4 Å². The van der Waals surface area contributed by atoms with Crippen LogP contribution in [-0.4, -0.2) is 0 Å². The van der Waals surface area contributed by atoms with E-state index in [0.29, 0.717) is 5.92 Å². The Bertz CT molecular complexity index is 147. The minimum atomic E-state index is 0.611. The third-order valence-corrected chi connectivity index (χ3v) is 1.92. The summed E-state index contributed by atoms with van der Waals surface area (Å²) in [6, 6.07) is 2.05. The molecule has 0 aromatic rings. The van der Waals surface area contributed by atoms with E-state index in [1.54, 1.807) is 6.08 Å². The van der Waals surface area contributed by atoms with Gasteiger partial charge in [-0.15, -0.1) is 0 Å². The van der Waals surface area contributed by atoms with Crippen LogP contribution in [0.3, 0.4) is 0 Å². The van der Waals surface area contributed by atoms with Crippen molar-refractivity contribution in [2.45, 2.75) is 33.6 Å². The van der Waals surface area contributed by atoms with Crippen molar-refractivity contribution in [3.63, 3.8) is 0 Å². The highest BCUT2D eigenvalue weighted by Gasteiger charge is 2.03. The van der Waals surface area contributed by atoms with Crippen LogP contribution in [0.2, 0.25) is 0 Å². The van der Waals surface area contributed by atoms with E-state index in [1.807, 2.05) is 6.92 Å². The predicted octanol–water partition coefficient (Wildman–Crippen LogP) is 2.89. The van der Waals surface area contributed by atoms with Gasteiger partial charge in [0, 0.05) is 6.08 Å². The lowest BCUT2D eigenvalue weighted by Crippen LogP contribution is -1.97. The molecule has 0 fully saturated rings. The zero-order valence-corrected chi connectivity index (χ0v) is 7.02. The normalized spacial score (nSPS) is 11.7. The maximum Gasteiger partial charge on any atom is 0.0911 e. The summed E-state index contributed by atoms with van der Waals surface area (Å²) in [6.45, 7) is 6.34. The van der Waals surface area contributed by atoms with Gasteiger partial charge in [0.1, 0.15) is 0 Å². The molecule has 1 nitrogen and oxygen atoms in total. The summed E-state index contributed by atoms with van der Waals surface area (Å²) in [7, 11) is 0. The van der Waals surface area contributed by atoms with Gasteiger partial charge in [0.2, 0.25) is 0 Å². The van der Waals surface area contributed by atoms with Gasteiger partial charge in [-0.2, -0.15) is 5.26 Å². The molecule has 0 rings (SSSR count). The molecule has 0 unspecified atom stereocenters. The molecule has 0 heterocycles. The molecule has 0 N–H and O–H groups in total. The molecule has 0 atom stereocenters. The molecular weight excluding hydrogens is 122 g/mol. The lowest BCUT2D eigenvalue weighted by Gasteiger charge is -2.10. The Hall–Kier alpha value is -0.770. The third-order valence-electron chi connectivity index (χ3n) is 1.92. The summed E-state index contributed by atoms with van der Waals surface area (Å²) in [5, 5.41) is 8.35. The number of allylic oxidation sites excluding steroid dienone is 2. The summed E-state index contributed by atoms with van der Waals surface area (Å²) < 4.78 is 0. The second-order valence-corrected chi connectivity index (χ2v) is 2.53. The van der Waals surface area contributed by atoms with Crippen LogP contribution in [0.1, 0.15) is 33.6 Å². The van der Waals surface area contributed by atoms with Gasteiger partial charge in [0.25, 0.3) is 0 Å². The van der Waals surface area contributed by atoms with Crippen LogP contribution in [0, 0.1) is 17.2 Å². The molecule has 1 heteroatoms.